The van der Waals surface area contributed by atoms with E-state index in [9.17, 15) is 14.7 Å². The maximum absolute atomic E-state index is 12.8. The first-order valence-corrected chi connectivity index (χ1v) is 10.5. The number of likely N-dealkylation sites (N-methyl/N-ethyl adjacent to an activating group) is 1. The van der Waals surface area contributed by atoms with Crippen molar-refractivity contribution in [2.24, 2.45) is 0 Å². The maximum Gasteiger partial charge on any atom is 0.414 e. The molecular weight excluding hydrogens is 416 g/mol. The van der Waals surface area contributed by atoms with Crippen LogP contribution in [-0.4, -0.2) is 71.5 Å². The Morgan fingerprint density at radius 1 is 1.06 bits per heavy atom. The van der Waals surface area contributed by atoms with Crippen molar-refractivity contribution in [3.05, 3.63) is 60.2 Å². The highest BCUT2D eigenvalue weighted by Crippen LogP contribution is 2.27. The number of carbonyl (C=O) groups excluding carboxylic acids is 2. The van der Waals surface area contributed by atoms with Crippen LogP contribution in [0.15, 0.2) is 54.6 Å². The van der Waals surface area contributed by atoms with Crippen molar-refractivity contribution in [3.8, 4) is 0 Å². The van der Waals surface area contributed by atoms with Gasteiger partial charge in [-0.15, -0.1) is 0 Å². The van der Waals surface area contributed by atoms with E-state index in [2.05, 4.69) is 0 Å². The maximum atomic E-state index is 12.8. The van der Waals surface area contributed by atoms with Crippen LogP contribution in [0.1, 0.15) is 5.56 Å². The minimum atomic E-state index is -0.443. The van der Waals surface area contributed by atoms with Gasteiger partial charge in [-0.25, -0.2) is 9.59 Å². The van der Waals surface area contributed by atoms with Crippen LogP contribution in [0.3, 0.4) is 0 Å². The summed E-state index contributed by atoms with van der Waals surface area (Å²) in [6, 6.07) is 17.2. The summed E-state index contributed by atoms with van der Waals surface area (Å²) in [5.74, 6) is 0. The Labute approximate surface area is 186 Å². The van der Waals surface area contributed by atoms with Crippen LogP contribution in [0.5, 0.6) is 0 Å². The van der Waals surface area contributed by atoms with Crippen LogP contribution in [0.4, 0.5) is 21.0 Å². The van der Waals surface area contributed by atoms with Gasteiger partial charge in [-0.2, -0.15) is 0 Å². The van der Waals surface area contributed by atoms with E-state index in [4.69, 9.17) is 17.0 Å². The molecule has 3 amide bonds. The number of cyclic esters (lactones) is 1. The molecule has 2 fully saturated rings. The van der Waals surface area contributed by atoms with E-state index in [0.717, 1.165) is 11.3 Å². The highest BCUT2D eigenvalue weighted by atomic mass is 32.1. The Morgan fingerprint density at radius 3 is 2.35 bits per heavy atom. The number of anilines is 2. The Balaban J connectivity index is 1.39. The molecule has 2 aliphatic rings. The SMILES string of the molecule is CN(C[C@@H]1CN(c2ccc(N3CCN(Cc4ccccc4)C3=O)cc2)C(=O)O1)C(O)=S. The van der Waals surface area contributed by atoms with Crippen LogP contribution < -0.4 is 9.80 Å². The lowest BCUT2D eigenvalue weighted by Crippen LogP contribution is -2.35. The van der Waals surface area contributed by atoms with Crippen molar-refractivity contribution in [1.82, 2.24) is 9.80 Å². The molecule has 0 bridgehead atoms. The summed E-state index contributed by atoms with van der Waals surface area (Å²) < 4.78 is 5.37. The van der Waals surface area contributed by atoms with Crippen molar-refractivity contribution in [2.45, 2.75) is 12.6 Å². The molecule has 0 aromatic heterocycles. The summed E-state index contributed by atoms with van der Waals surface area (Å²) in [7, 11) is 1.64. The Bertz CT molecular complexity index is 969. The third-order valence-corrected chi connectivity index (χ3v) is 5.77. The third-order valence-electron chi connectivity index (χ3n) is 5.46. The molecule has 4 rings (SSSR count). The molecule has 31 heavy (non-hydrogen) atoms. The summed E-state index contributed by atoms with van der Waals surface area (Å²) in [5, 5.41) is 9.11. The lowest BCUT2D eigenvalue weighted by molar-refractivity contribution is 0.127. The van der Waals surface area contributed by atoms with Crippen LogP contribution in [0, 0.1) is 0 Å². The van der Waals surface area contributed by atoms with Crippen molar-refractivity contribution >= 4 is 40.9 Å². The van der Waals surface area contributed by atoms with Crippen molar-refractivity contribution < 1.29 is 19.4 Å². The monoisotopic (exact) mass is 440 g/mol. The number of rotatable bonds is 6. The van der Waals surface area contributed by atoms with Gasteiger partial charge in [0.1, 0.15) is 6.10 Å². The summed E-state index contributed by atoms with van der Waals surface area (Å²) in [4.78, 5) is 31.7. The topological polar surface area (TPSA) is 76.6 Å². The minimum Gasteiger partial charge on any atom is -0.487 e. The van der Waals surface area contributed by atoms with Crippen LogP contribution >= 0.6 is 12.2 Å². The molecule has 0 spiro atoms. The van der Waals surface area contributed by atoms with E-state index in [1.807, 2.05) is 59.5 Å². The number of hydrogen-bond donors (Lipinski definition) is 1. The van der Waals surface area contributed by atoms with E-state index in [-0.39, 0.29) is 11.2 Å². The van der Waals surface area contributed by atoms with Gasteiger partial charge in [-0.1, -0.05) is 30.3 Å². The first kappa shape index (κ1) is 20.9. The van der Waals surface area contributed by atoms with Gasteiger partial charge in [0.2, 0.25) is 0 Å². The predicted octanol–water partition coefficient (Wildman–Crippen LogP) is 3.23. The average molecular weight is 441 g/mol. The molecule has 1 N–H and O–H groups in total. The largest absolute Gasteiger partial charge is 0.487 e. The second-order valence-corrected chi connectivity index (χ2v) is 8.00. The number of ether oxygens (including phenoxy) is 1. The van der Waals surface area contributed by atoms with Gasteiger partial charge in [0.25, 0.3) is 5.17 Å². The zero-order chi connectivity index (χ0) is 22.0. The molecule has 2 heterocycles. The minimum absolute atomic E-state index is 0.0275. The molecule has 0 aliphatic carbocycles. The van der Waals surface area contributed by atoms with E-state index >= 15 is 0 Å². The van der Waals surface area contributed by atoms with Gasteiger partial charge in [-0.05, 0) is 42.0 Å². The molecule has 0 unspecified atom stereocenters. The standard InChI is InChI=1S/C22H24N4O4S/c1-23(22(29)31)14-19-15-26(21(28)30-19)18-9-7-17(8-10-18)25-12-11-24(20(25)27)13-16-5-3-2-4-6-16/h2-10,19H,11-15H2,1H3,(H,29,31)/t19-/m1/s1. The summed E-state index contributed by atoms with van der Waals surface area (Å²) in [6.07, 6.45) is -0.838. The number of benzene rings is 2. The van der Waals surface area contributed by atoms with Crippen LogP contribution in [-0.2, 0) is 11.3 Å². The molecule has 2 saturated heterocycles. The normalized spacial score (nSPS) is 18.5. The lowest BCUT2D eigenvalue weighted by Gasteiger charge is -2.20. The second kappa shape index (κ2) is 8.81. The van der Waals surface area contributed by atoms with Gasteiger partial charge in [0.05, 0.1) is 13.1 Å². The van der Waals surface area contributed by atoms with E-state index in [1.165, 1.54) is 9.80 Å². The first-order chi connectivity index (χ1) is 14.9. The van der Waals surface area contributed by atoms with Gasteiger partial charge >= 0.3 is 12.1 Å². The third kappa shape index (κ3) is 4.56. The smallest absolute Gasteiger partial charge is 0.414 e. The Hall–Kier alpha value is -3.33. The van der Waals surface area contributed by atoms with Crippen molar-refractivity contribution in [2.75, 3.05) is 43.0 Å². The molecule has 162 valence electrons. The summed E-state index contributed by atoms with van der Waals surface area (Å²) in [5.41, 5.74) is 2.58. The quantitative estimate of drug-likeness (QED) is 0.695. The Morgan fingerprint density at radius 2 is 1.71 bits per heavy atom. The summed E-state index contributed by atoms with van der Waals surface area (Å²) in [6.45, 7) is 2.54. The zero-order valence-corrected chi connectivity index (χ0v) is 18.0. The number of thiocarbonyl (C=S) groups is 1. The zero-order valence-electron chi connectivity index (χ0n) is 17.2. The van der Waals surface area contributed by atoms with Crippen LogP contribution in [0.2, 0.25) is 0 Å². The molecule has 8 nitrogen and oxygen atoms in total. The number of aliphatic hydroxyl groups is 1. The van der Waals surface area contributed by atoms with Crippen molar-refractivity contribution in [3.63, 3.8) is 0 Å². The number of hydrogen-bond acceptors (Lipinski definition) is 4. The summed E-state index contributed by atoms with van der Waals surface area (Å²) >= 11 is 4.72. The predicted molar refractivity (Wildman–Crippen MR) is 122 cm³/mol. The molecule has 2 aromatic carbocycles. The van der Waals surface area contributed by atoms with Gasteiger partial charge < -0.3 is 19.6 Å². The molecule has 1 atom stereocenters. The fraction of sp³-hybridized carbons (Fsp3) is 0.318. The highest BCUT2D eigenvalue weighted by Gasteiger charge is 2.34. The average Bonchev–Trinajstić information content (AvgIpc) is 3.31. The number of carbonyl (C=O) groups is 2. The lowest BCUT2D eigenvalue weighted by atomic mass is 10.2. The molecular formula is C22H24N4O4S. The van der Waals surface area contributed by atoms with Gasteiger partial charge in [0, 0.05) is 38.1 Å². The van der Waals surface area contributed by atoms with Gasteiger partial charge in [0.15, 0.2) is 0 Å². The first-order valence-electron chi connectivity index (χ1n) is 10.0. The Kier molecular flexibility index (Phi) is 5.94. The molecule has 0 radical (unpaired) electrons. The highest BCUT2D eigenvalue weighted by molar-refractivity contribution is 7.79. The molecule has 2 aromatic rings. The molecule has 0 saturated carbocycles. The fourth-order valence-corrected chi connectivity index (χ4v) is 3.87. The number of aliphatic hydroxyl groups excluding tert-OH is 1. The van der Waals surface area contributed by atoms with E-state index in [1.54, 1.807) is 11.9 Å². The second-order valence-electron chi connectivity index (χ2n) is 7.64. The molecule has 2 aliphatic heterocycles. The van der Waals surface area contributed by atoms with E-state index in [0.29, 0.717) is 38.4 Å². The molecule has 9 heteroatoms. The number of urea groups is 1. The van der Waals surface area contributed by atoms with Crippen LogP contribution in [0.25, 0.3) is 0 Å². The fourth-order valence-electron chi connectivity index (χ4n) is 3.80. The number of nitrogens with zero attached hydrogens (tertiary/aromatic N) is 4. The van der Waals surface area contributed by atoms with Crippen molar-refractivity contribution in [1.29, 1.82) is 0 Å². The number of amides is 3. The van der Waals surface area contributed by atoms with Gasteiger partial charge in [-0.3, -0.25) is 9.80 Å². The van der Waals surface area contributed by atoms with E-state index < -0.39 is 12.2 Å².